The van der Waals surface area contributed by atoms with Crippen LogP contribution in [0, 0.1) is 11.8 Å². The Morgan fingerprint density at radius 1 is 0.968 bits per heavy atom. The average molecular weight is 417 g/mol. The Labute approximate surface area is 180 Å². The van der Waals surface area contributed by atoms with Gasteiger partial charge in [-0.05, 0) is 36.6 Å². The fraction of sp³-hybridized carbons (Fsp3) is 0.400. The summed E-state index contributed by atoms with van der Waals surface area (Å²) in [4.78, 5) is 43.4. The maximum atomic E-state index is 13.7. The van der Waals surface area contributed by atoms with Crippen molar-refractivity contribution in [3.8, 4) is 0 Å². The van der Waals surface area contributed by atoms with E-state index in [2.05, 4.69) is 0 Å². The molecule has 158 valence electrons. The van der Waals surface area contributed by atoms with Gasteiger partial charge in [-0.25, -0.2) is 0 Å². The Kier molecular flexibility index (Phi) is 4.25. The van der Waals surface area contributed by atoms with Gasteiger partial charge in [-0.2, -0.15) is 0 Å². The third-order valence-corrected chi connectivity index (χ3v) is 7.64. The second kappa shape index (κ2) is 7.02. The van der Waals surface area contributed by atoms with Crippen molar-refractivity contribution in [3.63, 3.8) is 0 Å². The smallest absolute Gasteiger partial charge is 0.256 e. The number of carbonyl (C=O) groups is 3. The number of ketones is 1. The number of fused-ring (bicyclic) bond motifs is 5. The zero-order chi connectivity index (χ0) is 21.1. The zero-order valence-corrected chi connectivity index (χ0v) is 17.2. The average Bonchev–Trinajstić information content (AvgIpc) is 3.50. The second-order valence-electron chi connectivity index (χ2n) is 9.15. The quantitative estimate of drug-likeness (QED) is 0.615. The van der Waals surface area contributed by atoms with Crippen LogP contribution in [-0.2, 0) is 9.59 Å². The van der Waals surface area contributed by atoms with Crippen molar-refractivity contribution in [2.45, 2.75) is 50.2 Å². The number of hydrogen-bond acceptors (Lipinski definition) is 4. The molecule has 0 bridgehead atoms. The zero-order valence-electron chi connectivity index (χ0n) is 17.2. The summed E-state index contributed by atoms with van der Waals surface area (Å²) in [6, 6.07) is 10.4. The van der Waals surface area contributed by atoms with Gasteiger partial charge in [-0.15, -0.1) is 0 Å². The number of quaternary nitrogens is 1. The lowest BCUT2D eigenvalue weighted by molar-refractivity contribution is -0.884. The summed E-state index contributed by atoms with van der Waals surface area (Å²) in [6.07, 6.45) is 10.4. The summed E-state index contributed by atoms with van der Waals surface area (Å²) in [7, 11) is 0. The molecule has 2 aromatic rings. The van der Waals surface area contributed by atoms with Crippen LogP contribution in [0.2, 0.25) is 0 Å². The van der Waals surface area contributed by atoms with Crippen LogP contribution < -0.4 is 4.90 Å². The van der Waals surface area contributed by atoms with E-state index in [1.807, 2.05) is 36.5 Å². The first-order valence-electron chi connectivity index (χ1n) is 11.2. The minimum atomic E-state index is -0.657. The van der Waals surface area contributed by atoms with Gasteiger partial charge in [0.1, 0.15) is 17.9 Å². The van der Waals surface area contributed by atoms with Crippen LogP contribution in [0.1, 0.15) is 59.8 Å². The number of amides is 2. The van der Waals surface area contributed by atoms with E-state index in [-0.39, 0.29) is 35.4 Å². The van der Waals surface area contributed by atoms with E-state index in [0.717, 1.165) is 48.1 Å². The third kappa shape index (κ3) is 2.64. The number of carbonyl (C=O) groups excluding carboxylic acids is 3. The summed E-state index contributed by atoms with van der Waals surface area (Å²) in [5.41, 5.74) is 2.09. The molecule has 1 saturated carbocycles. The van der Waals surface area contributed by atoms with Gasteiger partial charge in [0.25, 0.3) is 5.78 Å². The molecule has 31 heavy (non-hydrogen) atoms. The van der Waals surface area contributed by atoms with Crippen LogP contribution in [0.15, 0.2) is 53.3 Å². The standard InChI is InChI=1S/C25H24N2O4/c28-23(18-11-6-14-31-18)22-20-19(21-17-10-5-4-7-15(17)12-13-26(21)22)24(29)27(25(20)30)16-8-2-1-3-9-16/h4-7,10-14,16,19-22H,1-3,8-9H2/p+1/t19-,20+,21+,22+/m0/s1. The lowest BCUT2D eigenvalue weighted by Gasteiger charge is -2.34. The van der Waals surface area contributed by atoms with Crippen molar-refractivity contribution in [3.05, 3.63) is 65.7 Å². The summed E-state index contributed by atoms with van der Waals surface area (Å²) < 4.78 is 5.41. The number of hydrogen-bond donors (Lipinski definition) is 1. The van der Waals surface area contributed by atoms with Crippen LogP contribution in [-0.4, -0.2) is 34.6 Å². The first-order chi connectivity index (χ1) is 15.2. The first-order valence-corrected chi connectivity index (χ1v) is 11.2. The van der Waals surface area contributed by atoms with E-state index in [1.165, 1.54) is 11.2 Å². The minimum absolute atomic E-state index is 0.0310. The number of furan rings is 1. The molecule has 6 nitrogen and oxygen atoms in total. The van der Waals surface area contributed by atoms with E-state index in [0.29, 0.717) is 0 Å². The predicted octanol–water partition coefficient (Wildman–Crippen LogP) is 2.39. The van der Waals surface area contributed by atoms with Crippen molar-refractivity contribution >= 4 is 23.7 Å². The molecule has 1 N–H and O–H groups in total. The van der Waals surface area contributed by atoms with Gasteiger partial charge in [0.05, 0.1) is 12.5 Å². The molecule has 1 aliphatic carbocycles. The largest absolute Gasteiger partial charge is 0.461 e. The number of rotatable bonds is 3. The summed E-state index contributed by atoms with van der Waals surface area (Å²) in [6.45, 7) is 0. The molecule has 6 rings (SSSR count). The van der Waals surface area contributed by atoms with Crippen molar-refractivity contribution in [2.75, 3.05) is 0 Å². The predicted molar refractivity (Wildman–Crippen MR) is 112 cm³/mol. The molecule has 6 heteroatoms. The van der Waals surface area contributed by atoms with Gasteiger partial charge in [0.2, 0.25) is 11.8 Å². The molecule has 1 aromatic carbocycles. The molecule has 2 amide bonds. The monoisotopic (exact) mass is 417 g/mol. The fourth-order valence-corrected chi connectivity index (χ4v) is 6.34. The first kappa shape index (κ1) is 18.8. The van der Waals surface area contributed by atoms with Gasteiger partial charge in [0.15, 0.2) is 11.8 Å². The second-order valence-corrected chi connectivity index (χ2v) is 9.15. The lowest BCUT2D eigenvalue weighted by Crippen LogP contribution is -3.12. The highest BCUT2D eigenvalue weighted by molar-refractivity contribution is 6.10. The molecule has 1 aromatic heterocycles. The van der Waals surface area contributed by atoms with Crippen LogP contribution in [0.4, 0.5) is 0 Å². The number of nitrogens with zero attached hydrogens (tertiary/aromatic N) is 1. The lowest BCUT2D eigenvalue weighted by atomic mass is 9.84. The van der Waals surface area contributed by atoms with Crippen LogP contribution in [0.25, 0.3) is 6.08 Å². The molecule has 4 aliphatic rings. The number of nitrogens with one attached hydrogen (secondary N) is 1. The Bertz CT molecular complexity index is 1080. The number of benzene rings is 1. The molecule has 3 fully saturated rings. The van der Waals surface area contributed by atoms with E-state index in [4.69, 9.17) is 4.42 Å². The molecule has 1 unspecified atom stereocenters. The SMILES string of the molecule is O=C(c1ccco1)[C@H]1[C@@H]2C(=O)N(C3CCCCC3)C(=O)[C@@H]2[C@H]2c3ccccc3C=C[NH+]21. The van der Waals surface area contributed by atoms with Crippen molar-refractivity contribution in [1.82, 2.24) is 4.90 Å². The molecule has 0 spiro atoms. The summed E-state index contributed by atoms with van der Waals surface area (Å²) in [5, 5.41) is 0. The molecule has 3 aliphatic heterocycles. The Morgan fingerprint density at radius 3 is 2.52 bits per heavy atom. The van der Waals surface area contributed by atoms with Crippen molar-refractivity contribution in [2.24, 2.45) is 11.8 Å². The van der Waals surface area contributed by atoms with Crippen LogP contribution in [0.3, 0.4) is 0 Å². The Morgan fingerprint density at radius 2 is 1.74 bits per heavy atom. The van der Waals surface area contributed by atoms with E-state index >= 15 is 0 Å². The van der Waals surface area contributed by atoms with Crippen molar-refractivity contribution in [1.29, 1.82) is 0 Å². The highest BCUT2D eigenvalue weighted by Gasteiger charge is 2.68. The number of imide groups is 1. The molecular formula is C25H25N2O4+. The maximum Gasteiger partial charge on any atom is 0.256 e. The molecule has 4 heterocycles. The number of Topliss-reactive ketones (excluding diaryl/α,β-unsaturated/α-hetero) is 1. The van der Waals surface area contributed by atoms with E-state index < -0.39 is 17.9 Å². The van der Waals surface area contributed by atoms with Crippen molar-refractivity contribution < 1.29 is 23.7 Å². The third-order valence-electron chi connectivity index (χ3n) is 7.64. The maximum absolute atomic E-state index is 13.7. The molecular weight excluding hydrogens is 392 g/mol. The highest BCUT2D eigenvalue weighted by Crippen LogP contribution is 2.45. The topological polar surface area (TPSA) is 72.0 Å². The van der Waals surface area contributed by atoms with Gasteiger partial charge in [-0.3, -0.25) is 24.2 Å². The minimum Gasteiger partial charge on any atom is -0.461 e. The highest BCUT2D eigenvalue weighted by atomic mass is 16.3. The van der Waals surface area contributed by atoms with Crippen LogP contribution >= 0.6 is 0 Å². The molecule has 0 radical (unpaired) electrons. The van der Waals surface area contributed by atoms with E-state index in [9.17, 15) is 14.4 Å². The molecule has 2 saturated heterocycles. The normalized spacial score (nSPS) is 32.1. The van der Waals surface area contributed by atoms with Gasteiger partial charge >= 0.3 is 0 Å². The molecule has 5 atom stereocenters. The van der Waals surface area contributed by atoms with Crippen LogP contribution in [0.5, 0.6) is 0 Å². The van der Waals surface area contributed by atoms with E-state index in [1.54, 1.807) is 12.1 Å². The Balaban J connectivity index is 1.47. The van der Waals surface area contributed by atoms with Gasteiger partial charge < -0.3 is 4.42 Å². The Hall–Kier alpha value is -2.99. The number of likely N-dealkylation sites (tertiary alicyclic amines) is 1. The fourth-order valence-electron chi connectivity index (χ4n) is 6.34. The van der Waals surface area contributed by atoms with Gasteiger partial charge in [-0.1, -0.05) is 43.5 Å². The van der Waals surface area contributed by atoms with Gasteiger partial charge in [0, 0.05) is 11.6 Å². The summed E-state index contributed by atoms with van der Waals surface area (Å²) >= 11 is 0. The summed E-state index contributed by atoms with van der Waals surface area (Å²) in [5.74, 6) is -1.38.